The minimum atomic E-state index is -0.896. The van der Waals surface area contributed by atoms with E-state index in [4.69, 9.17) is 0 Å². The number of carbonyl (C=O) groups excluding carboxylic acids is 2. The van der Waals surface area contributed by atoms with Crippen molar-refractivity contribution in [3.05, 3.63) is 29.8 Å². The Labute approximate surface area is 153 Å². The number of rotatable bonds is 4. The summed E-state index contributed by atoms with van der Waals surface area (Å²) >= 11 is 0. The molecule has 0 aromatic heterocycles. The van der Waals surface area contributed by atoms with Crippen LogP contribution < -0.4 is 5.32 Å². The number of benzene rings is 1. The number of aliphatic carboxylic acids is 1. The minimum absolute atomic E-state index is 0.0285. The molecule has 1 saturated heterocycles. The van der Waals surface area contributed by atoms with Crippen LogP contribution in [0.1, 0.15) is 55.3 Å². The van der Waals surface area contributed by atoms with Crippen LogP contribution in [0.4, 0.5) is 5.69 Å². The zero-order chi connectivity index (χ0) is 18.5. The SMILES string of the molecule is O=C(O)[C@H]1CCCC[C@H]1C(=O)Nc1ccc(C(=O)N2CCCCC2)cc1. The largest absolute Gasteiger partial charge is 0.481 e. The van der Waals surface area contributed by atoms with Crippen LogP contribution in [-0.4, -0.2) is 40.9 Å². The maximum atomic E-state index is 12.5. The molecule has 2 atom stereocenters. The number of nitrogens with one attached hydrogen (secondary N) is 1. The van der Waals surface area contributed by atoms with E-state index < -0.39 is 17.8 Å². The van der Waals surface area contributed by atoms with Gasteiger partial charge in [0.05, 0.1) is 11.8 Å². The van der Waals surface area contributed by atoms with Crippen molar-refractivity contribution < 1.29 is 19.5 Å². The van der Waals surface area contributed by atoms with Crippen LogP contribution in [0.3, 0.4) is 0 Å². The highest BCUT2D eigenvalue weighted by Crippen LogP contribution is 2.31. The van der Waals surface area contributed by atoms with E-state index >= 15 is 0 Å². The molecule has 2 aliphatic rings. The predicted molar refractivity (Wildman–Crippen MR) is 97.9 cm³/mol. The summed E-state index contributed by atoms with van der Waals surface area (Å²) in [5.41, 5.74) is 1.21. The zero-order valence-electron chi connectivity index (χ0n) is 14.9. The summed E-state index contributed by atoms with van der Waals surface area (Å²) in [4.78, 5) is 38.2. The topological polar surface area (TPSA) is 86.7 Å². The van der Waals surface area contributed by atoms with Gasteiger partial charge < -0.3 is 15.3 Å². The van der Waals surface area contributed by atoms with Gasteiger partial charge in [0.1, 0.15) is 0 Å². The maximum absolute atomic E-state index is 12.5. The predicted octanol–water partition coefficient (Wildman–Crippen LogP) is 3.14. The summed E-state index contributed by atoms with van der Waals surface area (Å²) < 4.78 is 0. The number of likely N-dealkylation sites (tertiary alicyclic amines) is 1. The van der Waals surface area contributed by atoms with Crippen molar-refractivity contribution in [1.82, 2.24) is 4.90 Å². The fraction of sp³-hybridized carbons (Fsp3) is 0.550. The average molecular weight is 358 g/mol. The van der Waals surface area contributed by atoms with Crippen molar-refractivity contribution in [2.75, 3.05) is 18.4 Å². The maximum Gasteiger partial charge on any atom is 0.307 e. The lowest BCUT2D eigenvalue weighted by atomic mass is 9.78. The number of nitrogens with zero attached hydrogens (tertiary/aromatic N) is 1. The monoisotopic (exact) mass is 358 g/mol. The Morgan fingerprint density at radius 1 is 0.885 bits per heavy atom. The molecule has 140 valence electrons. The lowest BCUT2D eigenvalue weighted by Crippen LogP contribution is -2.36. The van der Waals surface area contributed by atoms with Crippen molar-refractivity contribution in [2.45, 2.75) is 44.9 Å². The number of carbonyl (C=O) groups is 3. The van der Waals surface area contributed by atoms with Gasteiger partial charge in [-0.1, -0.05) is 12.8 Å². The molecule has 1 aliphatic heterocycles. The minimum Gasteiger partial charge on any atom is -0.481 e. The first-order valence-electron chi connectivity index (χ1n) is 9.49. The fourth-order valence-corrected chi connectivity index (χ4v) is 3.95. The van der Waals surface area contributed by atoms with Crippen LogP contribution in [0.5, 0.6) is 0 Å². The van der Waals surface area contributed by atoms with Gasteiger partial charge in [-0.15, -0.1) is 0 Å². The van der Waals surface area contributed by atoms with Crippen LogP contribution in [0.15, 0.2) is 24.3 Å². The number of amides is 2. The van der Waals surface area contributed by atoms with E-state index in [1.54, 1.807) is 24.3 Å². The smallest absolute Gasteiger partial charge is 0.307 e. The zero-order valence-corrected chi connectivity index (χ0v) is 14.9. The second-order valence-electron chi connectivity index (χ2n) is 7.26. The molecule has 1 heterocycles. The standard InChI is InChI=1S/C20H26N2O4/c23-18(16-6-2-3-7-17(16)20(25)26)21-15-10-8-14(9-11-15)19(24)22-12-4-1-5-13-22/h8-11,16-17H,1-7,12-13H2,(H,21,23)(H,25,26)/t16-,17+/m1/s1. The van der Waals surface area contributed by atoms with E-state index in [0.29, 0.717) is 24.1 Å². The van der Waals surface area contributed by atoms with Crippen molar-refractivity contribution in [3.63, 3.8) is 0 Å². The van der Waals surface area contributed by atoms with Crippen LogP contribution in [0, 0.1) is 11.8 Å². The van der Waals surface area contributed by atoms with Crippen LogP contribution in [-0.2, 0) is 9.59 Å². The molecule has 1 aromatic carbocycles. The molecule has 1 saturated carbocycles. The van der Waals surface area contributed by atoms with E-state index in [-0.39, 0.29) is 11.8 Å². The Bertz CT molecular complexity index is 665. The summed E-state index contributed by atoms with van der Waals surface area (Å²) in [7, 11) is 0. The summed E-state index contributed by atoms with van der Waals surface area (Å²) in [5.74, 6) is -2.21. The molecule has 0 radical (unpaired) electrons. The Morgan fingerprint density at radius 2 is 1.50 bits per heavy atom. The highest BCUT2D eigenvalue weighted by Gasteiger charge is 2.35. The van der Waals surface area contributed by atoms with Gasteiger partial charge in [0.15, 0.2) is 0 Å². The molecule has 2 N–H and O–H groups in total. The van der Waals surface area contributed by atoms with E-state index in [0.717, 1.165) is 38.8 Å². The Balaban J connectivity index is 1.62. The second-order valence-corrected chi connectivity index (χ2v) is 7.26. The molecule has 6 heteroatoms. The van der Waals surface area contributed by atoms with Gasteiger partial charge >= 0.3 is 5.97 Å². The molecule has 1 aliphatic carbocycles. The molecule has 3 rings (SSSR count). The molecular formula is C20H26N2O4. The fourth-order valence-electron chi connectivity index (χ4n) is 3.95. The molecule has 6 nitrogen and oxygen atoms in total. The molecule has 2 fully saturated rings. The number of carboxylic acids is 1. The van der Waals surface area contributed by atoms with Gasteiger partial charge in [-0.3, -0.25) is 14.4 Å². The molecule has 0 bridgehead atoms. The normalized spacial score (nSPS) is 23.3. The van der Waals surface area contributed by atoms with E-state index in [2.05, 4.69) is 5.32 Å². The quantitative estimate of drug-likeness (QED) is 0.866. The molecule has 26 heavy (non-hydrogen) atoms. The first kappa shape index (κ1) is 18.4. The molecule has 0 unspecified atom stereocenters. The van der Waals surface area contributed by atoms with Crippen LogP contribution >= 0.6 is 0 Å². The van der Waals surface area contributed by atoms with E-state index in [9.17, 15) is 19.5 Å². The van der Waals surface area contributed by atoms with Crippen LogP contribution in [0.2, 0.25) is 0 Å². The van der Waals surface area contributed by atoms with Gasteiger partial charge in [0, 0.05) is 24.3 Å². The Kier molecular flexibility index (Phi) is 5.91. The molecule has 0 spiro atoms. The lowest BCUT2D eigenvalue weighted by molar-refractivity contribution is -0.147. The third-order valence-corrected chi connectivity index (χ3v) is 5.46. The highest BCUT2D eigenvalue weighted by atomic mass is 16.4. The number of anilines is 1. The van der Waals surface area contributed by atoms with Crippen molar-refractivity contribution in [1.29, 1.82) is 0 Å². The van der Waals surface area contributed by atoms with Gasteiger partial charge in [-0.2, -0.15) is 0 Å². The second kappa shape index (κ2) is 8.34. The summed E-state index contributed by atoms with van der Waals surface area (Å²) in [5, 5.41) is 12.1. The molecule has 1 aromatic rings. The number of hydrogen-bond acceptors (Lipinski definition) is 3. The number of piperidine rings is 1. The van der Waals surface area contributed by atoms with Crippen molar-refractivity contribution in [2.24, 2.45) is 11.8 Å². The van der Waals surface area contributed by atoms with Gasteiger partial charge in [0.2, 0.25) is 5.91 Å². The third kappa shape index (κ3) is 4.23. The van der Waals surface area contributed by atoms with E-state index in [1.807, 2.05) is 4.90 Å². The Hall–Kier alpha value is -2.37. The van der Waals surface area contributed by atoms with Gasteiger partial charge in [0.25, 0.3) is 5.91 Å². The number of hydrogen-bond donors (Lipinski definition) is 2. The first-order valence-corrected chi connectivity index (χ1v) is 9.49. The first-order chi connectivity index (χ1) is 12.6. The summed E-state index contributed by atoms with van der Waals surface area (Å²) in [6, 6.07) is 6.88. The van der Waals surface area contributed by atoms with Crippen LogP contribution in [0.25, 0.3) is 0 Å². The summed E-state index contributed by atoms with van der Waals surface area (Å²) in [6.45, 7) is 1.60. The third-order valence-electron chi connectivity index (χ3n) is 5.46. The lowest BCUT2D eigenvalue weighted by Gasteiger charge is -2.27. The number of carboxylic acid groups (broad SMARTS) is 1. The summed E-state index contributed by atoms with van der Waals surface area (Å²) in [6.07, 6.45) is 6.16. The van der Waals surface area contributed by atoms with Gasteiger partial charge in [-0.05, 0) is 56.4 Å². The van der Waals surface area contributed by atoms with Gasteiger partial charge in [-0.25, -0.2) is 0 Å². The van der Waals surface area contributed by atoms with Crippen molar-refractivity contribution in [3.8, 4) is 0 Å². The van der Waals surface area contributed by atoms with E-state index in [1.165, 1.54) is 6.42 Å². The molecule has 2 amide bonds. The average Bonchev–Trinajstić information content (AvgIpc) is 2.68. The van der Waals surface area contributed by atoms with Crippen molar-refractivity contribution >= 4 is 23.5 Å². The highest BCUT2D eigenvalue weighted by molar-refractivity contribution is 5.97. The molecular weight excluding hydrogens is 332 g/mol. The Morgan fingerprint density at radius 3 is 2.12 bits per heavy atom.